The number of nitrogens with one attached hydrogen (secondary N) is 1. The first-order chi connectivity index (χ1) is 8.88. The van der Waals surface area contributed by atoms with Crippen LogP contribution in [0.2, 0.25) is 0 Å². The van der Waals surface area contributed by atoms with Crippen molar-refractivity contribution in [2.75, 3.05) is 11.9 Å². The van der Waals surface area contributed by atoms with Crippen LogP contribution in [0.3, 0.4) is 0 Å². The normalized spacial score (nSPS) is 19.6. The highest BCUT2D eigenvalue weighted by molar-refractivity contribution is 5.89. The highest BCUT2D eigenvalue weighted by Gasteiger charge is 2.38. The van der Waals surface area contributed by atoms with E-state index in [2.05, 4.69) is 10.3 Å². The van der Waals surface area contributed by atoms with Gasteiger partial charge >= 0.3 is 6.03 Å². The van der Waals surface area contributed by atoms with Gasteiger partial charge in [-0.25, -0.2) is 9.78 Å². The van der Waals surface area contributed by atoms with Crippen molar-refractivity contribution in [3.8, 4) is 0 Å². The number of anilines is 1. The summed E-state index contributed by atoms with van der Waals surface area (Å²) < 4.78 is 12.7. The van der Waals surface area contributed by atoms with Gasteiger partial charge in [0.05, 0.1) is 23.5 Å². The number of aliphatic hydroxyl groups is 1. The Morgan fingerprint density at radius 1 is 1.58 bits per heavy atom. The number of aromatic nitrogens is 1. The molecule has 2 heterocycles. The van der Waals surface area contributed by atoms with Gasteiger partial charge in [-0.1, -0.05) is 0 Å². The molecule has 1 aliphatic heterocycles. The summed E-state index contributed by atoms with van der Waals surface area (Å²) in [5, 5.41) is 12.7. The van der Waals surface area contributed by atoms with Gasteiger partial charge in [-0.2, -0.15) is 4.39 Å². The Balaban J connectivity index is 2.05. The number of pyridine rings is 1. The molecule has 2 amide bonds. The molecule has 1 aromatic rings. The molecule has 104 valence electrons. The maximum absolute atomic E-state index is 12.7. The molecule has 0 aliphatic carbocycles. The van der Waals surface area contributed by atoms with Gasteiger partial charge in [-0.05, 0) is 38.8 Å². The fourth-order valence-electron chi connectivity index (χ4n) is 2.39. The van der Waals surface area contributed by atoms with E-state index in [9.17, 15) is 14.3 Å². The van der Waals surface area contributed by atoms with Crippen molar-refractivity contribution in [2.45, 2.75) is 38.3 Å². The third-order valence-corrected chi connectivity index (χ3v) is 3.31. The van der Waals surface area contributed by atoms with Gasteiger partial charge in [-0.15, -0.1) is 0 Å². The number of amides is 2. The number of likely N-dealkylation sites (tertiary alicyclic amines) is 1. The molecule has 2 rings (SSSR count). The summed E-state index contributed by atoms with van der Waals surface area (Å²) in [5.74, 6) is -0.589. The highest BCUT2D eigenvalue weighted by atomic mass is 19.1. The van der Waals surface area contributed by atoms with E-state index < -0.39 is 11.5 Å². The van der Waals surface area contributed by atoms with Crippen molar-refractivity contribution >= 4 is 11.7 Å². The zero-order valence-corrected chi connectivity index (χ0v) is 11.1. The van der Waals surface area contributed by atoms with E-state index in [0.29, 0.717) is 12.2 Å². The molecule has 0 radical (unpaired) electrons. The molecule has 19 heavy (non-hydrogen) atoms. The first-order valence-electron chi connectivity index (χ1n) is 6.29. The first kappa shape index (κ1) is 13.7. The van der Waals surface area contributed by atoms with Crippen molar-refractivity contribution in [1.29, 1.82) is 0 Å². The Hall–Kier alpha value is -1.69. The quantitative estimate of drug-likeness (QED) is 0.805. The Morgan fingerprint density at radius 3 is 2.89 bits per heavy atom. The molecule has 1 aliphatic rings. The van der Waals surface area contributed by atoms with Crippen molar-refractivity contribution < 1.29 is 14.3 Å². The zero-order valence-electron chi connectivity index (χ0n) is 11.1. The van der Waals surface area contributed by atoms with Gasteiger partial charge in [0.25, 0.3) is 0 Å². The summed E-state index contributed by atoms with van der Waals surface area (Å²) in [4.78, 5) is 17.2. The lowest BCUT2D eigenvalue weighted by molar-refractivity contribution is 0.0117. The molecule has 1 atom stereocenters. The van der Waals surface area contributed by atoms with Gasteiger partial charge in [0.2, 0.25) is 5.95 Å². The Kier molecular flexibility index (Phi) is 3.71. The Labute approximate surface area is 111 Å². The second-order valence-corrected chi connectivity index (χ2v) is 5.30. The fraction of sp³-hybridized carbons (Fsp3) is 0.538. The van der Waals surface area contributed by atoms with Gasteiger partial charge in [0.1, 0.15) is 0 Å². The smallest absolute Gasteiger partial charge is 0.322 e. The number of hydrogen-bond acceptors (Lipinski definition) is 3. The molecular weight excluding hydrogens is 249 g/mol. The molecule has 1 saturated heterocycles. The average molecular weight is 267 g/mol. The molecule has 0 aromatic carbocycles. The van der Waals surface area contributed by atoms with Crippen molar-refractivity contribution in [3.63, 3.8) is 0 Å². The Morgan fingerprint density at radius 2 is 2.32 bits per heavy atom. The van der Waals surface area contributed by atoms with Gasteiger partial charge in [0.15, 0.2) is 0 Å². The molecule has 6 heteroatoms. The molecule has 1 aromatic heterocycles. The number of carbonyl (C=O) groups excluding carboxylic acids is 1. The van der Waals surface area contributed by atoms with Crippen LogP contribution in [-0.4, -0.2) is 39.2 Å². The van der Waals surface area contributed by atoms with E-state index in [4.69, 9.17) is 0 Å². The minimum Gasteiger partial charge on any atom is -0.388 e. The van der Waals surface area contributed by atoms with E-state index in [-0.39, 0.29) is 12.1 Å². The Bertz CT molecular complexity index is 456. The summed E-state index contributed by atoms with van der Waals surface area (Å²) in [5.41, 5.74) is -0.498. The van der Waals surface area contributed by atoms with E-state index in [1.54, 1.807) is 18.7 Å². The molecule has 0 saturated carbocycles. The number of rotatable bonds is 2. The molecular formula is C13H18FN3O2. The number of carbonyl (C=O) groups is 1. The topological polar surface area (TPSA) is 65.5 Å². The lowest BCUT2D eigenvalue weighted by Crippen LogP contribution is -2.49. The van der Waals surface area contributed by atoms with Crippen molar-refractivity contribution in [3.05, 3.63) is 24.3 Å². The second-order valence-electron chi connectivity index (χ2n) is 5.30. The predicted octanol–water partition coefficient (Wildman–Crippen LogP) is 1.99. The molecule has 0 bridgehead atoms. The van der Waals surface area contributed by atoms with Crippen LogP contribution in [0, 0.1) is 5.95 Å². The van der Waals surface area contributed by atoms with E-state index in [1.807, 2.05) is 0 Å². The zero-order chi connectivity index (χ0) is 14.0. The third kappa shape index (κ3) is 3.20. The van der Waals surface area contributed by atoms with Crippen LogP contribution in [0.5, 0.6) is 0 Å². The highest BCUT2D eigenvalue weighted by Crippen LogP contribution is 2.27. The van der Waals surface area contributed by atoms with Gasteiger partial charge in [0, 0.05) is 6.54 Å². The average Bonchev–Trinajstić information content (AvgIpc) is 2.81. The summed E-state index contributed by atoms with van der Waals surface area (Å²) in [6.45, 7) is 4.00. The molecule has 1 unspecified atom stereocenters. The monoisotopic (exact) mass is 267 g/mol. The van der Waals surface area contributed by atoms with Crippen molar-refractivity contribution in [1.82, 2.24) is 9.88 Å². The van der Waals surface area contributed by atoms with Crippen LogP contribution in [0.25, 0.3) is 0 Å². The number of urea groups is 1. The maximum Gasteiger partial charge on any atom is 0.322 e. The predicted molar refractivity (Wildman–Crippen MR) is 69.2 cm³/mol. The van der Waals surface area contributed by atoms with Crippen LogP contribution in [0.4, 0.5) is 14.9 Å². The summed E-state index contributed by atoms with van der Waals surface area (Å²) in [6.07, 6.45) is 2.91. The minimum absolute atomic E-state index is 0.207. The SMILES string of the molecule is CC(C)(O)C1CCCN1C(=O)Nc1ccc(F)nc1. The fourth-order valence-corrected chi connectivity index (χ4v) is 2.39. The van der Waals surface area contributed by atoms with Crippen LogP contribution in [0.1, 0.15) is 26.7 Å². The lowest BCUT2D eigenvalue weighted by atomic mass is 9.97. The second kappa shape index (κ2) is 5.13. The number of halogens is 1. The first-order valence-corrected chi connectivity index (χ1v) is 6.29. The molecule has 0 spiro atoms. The summed E-state index contributed by atoms with van der Waals surface area (Å²) in [7, 11) is 0. The maximum atomic E-state index is 12.7. The van der Waals surface area contributed by atoms with Gasteiger partial charge in [-0.3, -0.25) is 0 Å². The standard InChI is InChI=1S/C13H18FN3O2/c1-13(2,19)10-4-3-7-17(10)12(18)16-9-5-6-11(14)15-8-9/h5-6,8,10,19H,3-4,7H2,1-2H3,(H,16,18). The van der Waals surface area contributed by atoms with Crippen LogP contribution >= 0.6 is 0 Å². The van der Waals surface area contributed by atoms with Crippen LogP contribution in [0.15, 0.2) is 18.3 Å². The molecule has 2 N–H and O–H groups in total. The minimum atomic E-state index is -0.936. The van der Waals surface area contributed by atoms with E-state index in [1.165, 1.54) is 18.3 Å². The lowest BCUT2D eigenvalue weighted by Gasteiger charge is -2.33. The van der Waals surface area contributed by atoms with Crippen LogP contribution in [-0.2, 0) is 0 Å². The van der Waals surface area contributed by atoms with Crippen molar-refractivity contribution in [2.24, 2.45) is 0 Å². The summed E-state index contributed by atoms with van der Waals surface area (Å²) in [6, 6.07) is 2.14. The summed E-state index contributed by atoms with van der Waals surface area (Å²) >= 11 is 0. The number of nitrogens with zero attached hydrogens (tertiary/aromatic N) is 2. The molecule has 1 fully saturated rings. The molecule has 5 nitrogen and oxygen atoms in total. The van der Waals surface area contributed by atoms with Crippen LogP contribution < -0.4 is 5.32 Å². The third-order valence-electron chi connectivity index (χ3n) is 3.31. The van der Waals surface area contributed by atoms with Gasteiger partial charge < -0.3 is 15.3 Å². The van der Waals surface area contributed by atoms with E-state index in [0.717, 1.165) is 12.8 Å². The van der Waals surface area contributed by atoms with E-state index >= 15 is 0 Å². The largest absolute Gasteiger partial charge is 0.388 e. The number of hydrogen-bond donors (Lipinski definition) is 2.